The van der Waals surface area contributed by atoms with Gasteiger partial charge in [-0.1, -0.05) is 15.9 Å². The molecule has 1 atom stereocenters. The third-order valence-electron chi connectivity index (χ3n) is 2.58. The van der Waals surface area contributed by atoms with Gasteiger partial charge in [0.15, 0.2) is 11.6 Å². The second-order valence-electron chi connectivity index (χ2n) is 3.65. The number of halogens is 2. The van der Waals surface area contributed by atoms with Crippen LogP contribution in [0.4, 0.5) is 4.39 Å². The van der Waals surface area contributed by atoms with Gasteiger partial charge in [-0.25, -0.2) is 4.39 Å². The molecule has 2 nitrogen and oxygen atoms in total. The van der Waals surface area contributed by atoms with Gasteiger partial charge in [0.1, 0.15) is 0 Å². The van der Waals surface area contributed by atoms with Gasteiger partial charge in [0.2, 0.25) is 0 Å². The Bertz CT molecular complexity index is 365. The molecule has 0 heterocycles. The molecule has 1 fully saturated rings. The molecule has 0 unspecified atom stereocenters. The first-order valence-electron chi connectivity index (χ1n) is 4.53. The molecular formula is C10H11BrFNO. The van der Waals surface area contributed by atoms with Crippen LogP contribution in [0.5, 0.6) is 5.75 Å². The van der Waals surface area contributed by atoms with E-state index in [9.17, 15) is 9.50 Å². The second-order valence-corrected chi connectivity index (χ2v) is 4.51. The van der Waals surface area contributed by atoms with E-state index in [1.165, 1.54) is 6.07 Å². The number of aromatic hydroxyl groups is 1. The number of phenols is 1. The lowest BCUT2D eigenvalue weighted by atomic mass is 10.0. The molecule has 0 aromatic heterocycles. The lowest BCUT2D eigenvalue weighted by Crippen LogP contribution is -2.13. The van der Waals surface area contributed by atoms with E-state index in [1.807, 2.05) is 0 Å². The van der Waals surface area contributed by atoms with Crippen molar-refractivity contribution in [1.82, 2.24) is 0 Å². The molecule has 2 rings (SSSR count). The number of hydrogen-bond donors (Lipinski definition) is 2. The SMILES string of the molecule is N[C@@H](c1c(Br)ccc(F)c1O)C1CC1. The van der Waals surface area contributed by atoms with Gasteiger partial charge in [-0.05, 0) is 30.9 Å². The predicted octanol–water partition coefficient (Wildman–Crippen LogP) is 2.70. The maximum Gasteiger partial charge on any atom is 0.165 e. The van der Waals surface area contributed by atoms with E-state index in [0.717, 1.165) is 12.8 Å². The summed E-state index contributed by atoms with van der Waals surface area (Å²) in [4.78, 5) is 0. The van der Waals surface area contributed by atoms with Crippen LogP contribution >= 0.6 is 15.9 Å². The van der Waals surface area contributed by atoms with Crippen molar-refractivity contribution in [3.8, 4) is 5.75 Å². The van der Waals surface area contributed by atoms with Gasteiger partial charge in [0.25, 0.3) is 0 Å². The van der Waals surface area contributed by atoms with E-state index in [2.05, 4.69) is 15.9 Å². The molecular weight excluding hydrogens is 249 g/mol. The molecule has 0 saturated heterocycles. The Morgan fingerprint density at radius 2 is 2.14 bits per heavy atom. The Kier molecular flexibility index (Phi) is 2.49. The van der Waals surface area contributed by atoms with Crippen LogP contribution < -0.4 is 5.73 Å². The third-order valence-corrected chi connectivity index (χ3v) is 3.27. The highest BCUT2D eigenvalue weighted by Gasteiger charge is 2.32. The average Bonchev–Trinajstić information content (AvgIpc) is 2.95. The molecule has 14 heavy (non-hydrogen) atoms. The lowest BCUT2D eigenvalue weighted by Gasteiger charge is -2.14. The van der Waals surface area contributed by atoms with Crippen LogP contribution in [0.15, 0.2) is 16.6 Å². The Balaban J connectivity index is 2.43. The summed E-state index contributed by atoms with van der Waals surface area (Å²) in [5.74, 6) is -0.544. The van der Waals surface area contributed by atoms with Gasteiger partial charge in [0.05, 0.1) is 0 Å². The van der Waals surface area contributed by atoms with Crippen molar-refractivity contribution in [2.75, 3.05) is 0 Å². The standard InChI is InChI=1S/C10H11BrFNO/c11-6-3-4-7(12)10(14)8(6)9(13)5-1-2-5/h3-5,9,14H,1-2,13H2/t9-/m1/s1. The number of benzene rings is 1. The molecule has 0 radical (unpaired) electrons. The van der Waals surface area contributed by atoms with Gasteiger partial charge in [-0.3, -0.25) is 0 Å². The largest absolute Gasteiger partial charge is 0.505 e. The summed E-state index contributed by atoms with van der Waals surface area (Å²) in [7, 11) is 0. The van der Waals surface area contributed by atoms with Crippen molar-refractivity contribution < 1.29 is 9.50 Å². The van der Waals surface area contributed by atoms with E-state index in [0.29, 0.717) is 16.0 Å². The summed E-state index contributed by atoms with van der Waals surface area (Å²) >= 11 is 3.27. The normalized spacial score (nSPS) is 18.2. The highest BCUT2D eigenvalue weighted by atomic mass is 79.9. The summed E-state index contributed by atoms with van der Waals surface area (Å²) in [6.45, 7) is 0. The van der Waals surface area contributed by atoms with E-state index in [1.54, 1.807) is 6.07 Å². The molecule has 1 aliphatic rings. The molecule has 1 aromatic carbocycles. The number of phenolic OH excluding ortho intramolecular Hbond substituents is 1. The van der Waals surface area contributed by atoms with E-state index in [-0.39, 0.29) is 11.8 Å². The van der Waals surface area contributed by atoms with Crippen LogP contribution in [-0.2, 0) is 0 Å². The van der Waals surface area contributed by atoms with Crippen molar-refractivity contribution in [2.45, 2.75) is 18.9 Å². The zero-order valence-corrected chi connectivity index (χ0v) is 9.09. The third kappa shape index (κ3) is 1.64. The monoisotopic (exact) mass is 259 g/mol. The molecule has 1 aromatic rings. The van der Waals surface area contributed by atoms with E-state index < -0.39 is 5.82 Å². The van der Waals surface area contributed by atoms with Crippen LogP contribution in [0, 0.1) is 11.7 Å². The van der Waals surface area contributed by atoms with Crippen LogP contribution in [0.3, 0.4) is 0 Å². The first-order valence-corrected chi connectivity index (χ1v) is 5.33. The van der Waals surface area contributed by atoms with Gasteiger partial charge in [-0.2, -0.15) is 0 Å². The Hall–Kier alpha value is -0.610. The first kappa shape index (κ1) is 9.93. The minimum atomic E-state index is -0.612. The number of hydrogen-bond acceptors (Lipinski definition) is 2. The van der Waals surface area contributed by atoms with Crippen LogP contribution in [0.25, 0.3) is 0 Å². The second kappa shape index (κ2) is 3.51. The first-order chi connectivity index (χ1) is 6.61. The molecule has 1 aliphatic carbocycles. The van der Waals surface area contributed by atoms with Crippen molar-refractivity contribution in [2.24, 2.45) is 11.7 Å². The van der Waals surface area contributed by atoms with E-state index in [4.69, 9.17) is 5.73 Å². The van der Waals surface area contributed by atoms with Gasteiger partial charge < -0.3 is 10.8 Å². The fourth-order valence-corrected chi connectivity index (χ4v) is 2.15. The summed E-state index contributed by atoms with van der Waals surface area (Å²) in [5, 5.41) is 9.54. The zero-order chi connectivity index (χ0) is 10.3. The smallest absolute Gasteiger partial charge is 0.165 e. The Morgan fingerprint density at radius 3 is 2.71 bits per heavy atom. The van der Waals surface area contributed by atoms with Gasteiger partial charge in [-0.15, -0.1) is 0 Å². The Labute approximate surface area is 90.1 Å². The van der Waals surface area contributed by atoms with Crippen LogP contribution in [0.1, 0.15) is 24.4 Å². The molecule has 3 N–H and O–H groups in total. The van der Waals surface area contributed by atoms with E-state index >= 15 is 0 Å². The Morgan fingerprint density at radius 1 is 1.50 bits per heavy atom. The quantitative estimate of drug-likeness (QED) is 0.858. The maximum atomic E-state index is 13.1. The molecule has 0 aliphatic heterocycles. The zero-order valence-electron chi connectivity index (χ0n) is 7.50. The van der Waals surface area contributed by atoms with Crippen LogP contribution in [0.2, 0.25) is 0 Å². The summed E-state index contributed by atoms with van der Waals surface area (Å²) in [6.07, 6.45) is 2.12. The summed E-state index contributed by atoms with van der Waals surface area (Å²) in [5.41, 5.74) is 6.41. The maximum absolute atomic E-state index is 13.1. The number of rotatable bonds is 2. The fourth-order valence-electron chi connectivity index (χ4n) is 1.56. The van der Waals surface area contributed by atoms with Crippen molar-refractivity contribution in [1.29, 1.82) is 0 Å². The molecule has 0 amide bonds. The summed E-state index contributed by atoms with van der Waals surface area (Å²) < 4.78 is 13.8. The molecule has 0 bridgehead atoms. The van der Waals surface area contributed by atoms with Crippen molar-refractivity contribution in [3.63, 3.8) is 0 Å². The fraction of sp³-hybridized carbons (Fsp3) is 0.400. The minimum absolute atomic E-state index is 0.264. The highest BCUT2D eigenvalue weighted by Crippen LogP contribution is 2.44. The van der Waals surface area contributed by atoms with Crippen molar-refractivity contribution >= 4 is 15.9 Å². The molecule has 4 heteroatoms. The molecule has 0 spiro atoms. The highest BCUT2D eigenvalue weighted by molar-refractivity contribution is 9.10. The van der Waals surface area contributed by atoms with Crippen molar-refractivity contribution in [3.05, 3.63) is 28.0 Å². The minimum Gasteiger partial charge on any atom is -0.505 e. The topological polar surface area (TPSA) is 46.2 Å². The average molecular weight is 260 g/mol. The predicted molar refractivity (Wildman–Crippen MR) is 55.4 cm³/mol. The number of nitrogens with two attached hydrogens (primary N) is 1. The van der Waals surface area contributed by atoms with Gasteiger partial charge >= 0.3 is 0 Å². The van der Waals surface area contributed by atoms with Gasteiger partial charge in [0, 0.05) is 16.1 Å². The van der Waals surface area contributed by atoms with Crippen LogP contribution in [-0.4, -0.2) is 5.11 Å². The molecule has 1 saturated carbocycles. The molecule has 76 valence electrons. The summed E-state index contributed by atoms with van der Waals surface area (Å²) in [6, 6.07) is 2.54. The lowest BCUT2D eigenvalue weighted by molar-refractivity contribution is 0.416.